The van der Waals surface area contributed by atoms with E-state index in [4.69, 9.17) is 4.74 Å². The van der Waals surface area contributed by atoms with Gasteiger partial charge in [0, 0.05) is 19.3 Å². The molecule has 0 aromatic carbocycles. The first-order valence-electron chi connectivity index (χ1n) is 7.07. The topological polar surface area (TPSA) is 73.9 Å². The standard InChI is InChI=1S/C18H18N2O2/c1-3-8-16-9-4-5-10-17(16)18(13-19,14-20)11-6-7-12-22-15(2)21/h8,10,16H,1,4-5,9,11-12H2,2H3. The highest BCUT2D eigenvalue weighted by Gasteiger charge is 2.38. The molecule has 4 nitrogen and oxygen atoms in total. The normalized spacial score (nSPS) is 16.7. The van der Waals surface area contributed by atoms with E-state index in [1.807, 2.05) is 6.08 Å². The van der Waals surface area contributed by atoms with E-state index in [0.29, 0.717) is 0 Å². The fourth-order valence-corrected chi connectivity index (χ4v) is 2.43. The number of nitrogens with zero attached hydrogens (tertiary/aromatic N) is 2. The van der Waals surface area contributed by atoms with Gasteiger partial charge in [-0.2, -0.15) is 10.5 Å². The summed E-state index contributed by atoms with van der Waals surface area (Å²) < 4.78 is 4.71. The van der Waals surface area contributed by atoms with Gasteiger partial charge in [-0.15, -0.1) is 5.73 Å². The van der Waals surface area contributed by atoms with Gasteiger partial charge in [0.2, 0.25) is 0 Å². The van der Waals surface area contributed by atoms with Gasteiger partial charge in [-0.05, 0) is 30.9 Å². The summed E-state index contributed by atoms with van der Waals surface area (Å²) in [6.45, 7) is 4.85. The van der Waals surface area contributed by atoms with Gasteiger partial charge in [0.05, 0.1) is 12.1 Å². The Balaban J connectivity index is 2.98. The largest absolute Gasteiger partial charge is 0.453 e. The van der Waals surface area contributed by atoms with Crippen molar-refractivity contribution in [1.29, 1.82) is 10.5 Å². The lowest BCUT2D eigenvalue weighted by molar-refractivity contribution is -0.139. The Labute approximate surface area is 131 Å². The van der Waals surface area contributed by atoms with Crippen molar-refractivity contribution in [1.82, 2.24) is 0 Å². The van der Waals surface area contributed by atoms with Crippen LogP contribution in [0.1, 0.15) is 32.6 Å². The molecule has 1 rings (SSSR count). The molecule has 1 atom stereocenters. The lowest BCUT2D eigenvalue weighted by Crippen LogP contribution is -2.25. The van der Waals surface area contributed by atoms with Gasteiger partial charge in [-0.3, -0.25) is 4.79 Å². The predicted molar refractivity (Wildman–Crippen MR) is 81.8 cm³/mol. The second-order valence-electron chi connectivity index (χ2n) is 5.01. The van der Waals surface area contributed by atoms with Gasteiger partial charge in [-0.25, -0.2) is 0 Å². The van der Waals surface area contributed by atoms with E-state index in [1.165, 1.54) is 6.92 Å². The molecule has 0 radical (unpaired) electrons. The molecule has 1 unspecified atom stereocenters. The molecule has 0 aliphatic heterocycles. The van der Waals surface area contributed by atoms with Gasteiger partial charge in [0.25, 0.3) is 0 Å². The molecule has 112 valence electrons. The molecule has 4 heteroatoms. The molecule has 1 aliphatic carbocycles. The number of allylic oxidation sites excluding steroid dienone is 3. The third-order valence-corrected chi connectivity index (χ3v) is 3.50. The van der Waals surface area contributed by atoms with E-state index < -0.39 is 11.4 Å². The third-order valence-electron chi connectivity index (χ3n) is 3.50. The lowest BCUT2D eigenvalue weighted by Gasteiger charge is -2.28. The highest BCUT2D eigenvalue weighted by molar-refractivity contribution is 5.66. The molecule has 0 bridgehead atoms. The van der Waals surface area contributed by atoms with E-state index >= 15 is 0 Å². The maximum absolute atomic E-state index is 10.7. The summed E-state index contributed by atoms with van der Waals surface area (Å²) in [5.41, 5.74) is 2.25. The van der Waals surface area contributed by atoms with Crippen molar-refractivity contribution in [2.24, 2.45) is 11.3 Å². The highest BCUT2D eigenvalue weighted by atomic mass is 16.5. The fraction of sp³-hybridized carbons (Fsp3) is 0.444. The van der Waals surface area contributed by atoms with Crippen LogP contribution in [0.3, 0.4) is 0 Å². The van der Waals surface area contributed by atoms with Crippen molar-refractivity contribution in [3.05, 3.63) is 30.0 Å². The quantitative estimate of drug-likeness (QED) is 0.346. The van der Waals surface area contributed by atoms with Gasteiger partial charge >= 0.3 is 5.97 Å². The molecule has 22 heavy (non-hydrogen) atoms. The molecule has 0 aromatic heterocycles. The van der Waals surface area contributed by atoms with Crippen molar-refractivity contribution < 1.29 is 9.53 Å². The molecular formula is C18H18N2O2. The smallest absolute Gasteiger partial charge is 0.303 e. The molecule has 0 saturated carbocycles. The number of hydrogen-bond acceptors (Lipinski definition) is 4. The zero-order valence-electron chi connectivity index (χ0n) is 12.7. The van der Waals surface area contributed by atoms with Crippen molar-refractivity contribution in [3.63, 3.8) is 0 Å². The van der Waals surface area contributed by atoms with Crippen molar-refractivity contribution in [2.75, 3.05) is 6.61 Å². The first kappa shape index (κ1) is 17.3. The highest BCUT2D eigenvalue weighted by Crippen LogP contribution is 2.40. The molecule has 0 spiro atoms. The van der Waals surface area contributed by atoms with Crippen molar-refractivity contribution in [3.8, 4) is 24.0 Å². The maximum atomic E-state index is 10.7. The molecular weight excluding hydrogens is 276 g/mol. The molecule has 0 amide bonds. The molecule has 0 saturated heterocycles. The Morgan fingerprint density at radius 3 is 2.82 bits per heavy atom. The maximum Gasteiger partial charge on any atom is 0.303 e. The number of ether oxygens (including phenoxy) is 1. The molecule has 0 fully saturated rings. The number of hydrogen-bond donors (Lipinski definition) is 0. The minimum Gasteiger partial charge on any atom is -0.453 e. The van der Waals surface area contributed by atoms with Crippen LogP contribution in [-0.2, 0) is 9.53 Å². The fourth-order valence-electron chi connectivity index (χ4n) is 2.43. The van der Waals surface area contributed by atoms with Crippen LogP contribution in [0, 0.1) is 45.8 Å². The Morgan fingerprint density at radius 1 is 1.50 bits per heavy atom. The number of carbonyl (C=O) groups is 1. The van der Waals surface area contributed by atoms with Gasteiger partial charge in [0.1, 0.15) is 0 Å². The first-order chi connectivity index (χ1) is 10.6. The Bertz CT molecular complexity index is 629. The number of carbonyl (C=O) groups excluding carboxylic acids is 1. The monoisotopic (exact) mass is 294 g/mol. The Morgan fingerprint density at radius 2 is 2.23 bits per heavy atom. The van der Waals surface area contributed by atoms with E-state index in [1.54, 1.807) is 6.08 Å². The average Bonchev–Trinajstić information content (AvgIpc) is 2.52. The third kappa shape index (κ3) is 4.39. The van der Waals surface area contributed by atoms with E-state index in [-0.39, 0.29) is 18.9 Å². The number of esters is 1. The minimum absolute atomic E-state index is 0.000759. The summed E-state index contributed by atoms with van der Waals surface area (Å²) in [7, 11) is 0. The second kappa shape index (κ2) is 8.53. The van der Waals surface area contributed by atoms with Crippen LogP contribution in [0.2, 0.25) is 0 Å². The zero-order chi connectivity index (χ0) is 16.4. The van der Waals surface area contributed by atoms with Crippen LogP contribution in [0.4, 0.5) is 0 Å². The number of rotatable bonds is 4. The Kier molecular flexibility index (Phi) is 6.72. The minimum atomic E-state index is -1.28. The van der Waals surface area contributed by atoms with Crippen molar-refractivity contribution >= 4 is 5.97 Å². The molecule has 0 aromatic rings. The van der Waals surface area contributed by atoms with Crippen LogP contribution < -0.4 is 0 Å². The number of nitriles is 2. The molecule has 0 N–H and O–H groups in total. The first-order valence-corrected chi connectivity index (χ1v) is 7.07. The Hall–Kier alpha value is -2.73. The van der Waals surface area contributed by atoms with Gasteiger partial charge in [-0.1, -0.05) is 24.5 Å². The van der Waals surface area contributed by atoms with Crippen LogP contribution in [0.5, 0.6) is 0 Å². The van der Waals surface area contributed by atoms with Gasteiger partial charge in [0.15, 0.2) is 12.0 Å². The SMILES string of the molecule is C=C=CC1CCCC=C1C(C#N)(C#N)CC#CCOC(C)=O. The van der Waals surface area contributed by atoms with Crippen LogP contribution in [-0.4, -0.2) is 12.6 Å². The van der Waals surface area contributed by atoms with Crippen LogP contribution in [0.25, 0.3) is 0 Å². The summed E-state index contributed by atoms with van der Waals surface area (Å²) in [6, 6.07) is 4.23. The second-order valence-corrected chi connectivity index (χ2v) is 5.01. The summed E-state index contributed by atoms with van der Waals surface area (Å²) >= 11 is 0. The summed E-state index contributed by atoms with van der Waals surface area (Å²) in [4.78, 5) is 10.7. The zero-order valence-corrected chi connectivity index (χ0v) is 12.7. The summed E-state index contributed by atoms with van der Waals surface area (Å²) in [5, 5.41) is 19.1. The predicted octanol–water partition coefficient (Wildman–Crippen LogP) is 3.04. The average molecular weight is 294 g/mol. The van der Waals surface area contributed by atoms with Crippen LogP contribution >= 0.6 is 0 Å². The van der Waals surface area contributed by atoms with Gasteiger partial charge < -0.3 is 4.74 Å². The van der Waals surface area contributed by atoms with Crippen molar-refractivity contribution in [2.45, 2.75) is 32.6 Å². The molecule has 1 aliphatic rings. The lowest BCUT2D eigenvalue weighted by atomic mass is 9.70. The van der Waals surface area contributed by atoms with E-state index in [9.17, 15) is 15.3 Å². The summed E-state index contributed by atoms with van der Waals surface area (Å²) in [6.07, 6.45) is 6.60. The van der Waals surface area contributed by atoms with Crippen LogP contribution in [0.15, 0.2) is 30.0 Å². The van der Waals surface area contributed by atoms with E-state index in [2.05, 4.69) is 36.3 Å². The summed E-state index contributed by atoms with van der Waals surface area (Å²) in [5.74, 6) is 5.04. The molecule has 0 heterocycles. The van der Waals surface area contributed by atoms with E-state index in [0.717, 1.165) is 24.8 Å².